The summed E-state index contributed by atoms with van der Waals surface area (Å²) in [6.45, 7) is 2.06. The van der Waals surface area contributed by atoms with Gasteiger partial charge < -0.3 is 0 Å². The highest BCUT2D eigenvalue weighted by atomic mass is 32.2. The van der Waals surface area contributed by atoms with E-state index < -0.39 is 9.84 Å². The molecule has 0 saturated heterocycles. The summed E-state index contributed by atoms with van der Waals surface area (Å²) in [6.07, 6.45) is 2.28. The van der Waals surface area contributed by atoms with Gasteiger partial charge in [-0.15, -0.1) is 0 Å². The van der Waals surface area contributed by atoms with E-state index in [0.717, 1.165) is 18.6 Å². The van der Waals surface area contributed by atoms with E-state index in [9.17, 15) is 8.42 Å². The number of unbranched alkanes of at least 4 members (excludes halogenated alkanes) is 2. The molecule has 0 saturated carbocycles. The molecule has 18 heavy (non-hydrogen) atoms. The molecule has 0 spiro atoms. The minimum Gasteiger partial charge on any atom is -0.224 e. The highest BCUT2D eigenvalue weighted by Crippen LogP contribution is 2.12. The van der Waals surface area contributed by atoms with Crippen LogP contribution in [0.5, 0.6) is 0 Å². The Morgan fingerprint density at radius 2 is 1.89 bits per heavy atom. The lowest BCUT2D eigenvalue weighted by atomic mass is 10.3. The minimum atomic E-state index is -3.11. The summed E-state index contributed by atoms with van der Waals surface area (Å²) < 4.78 is 23.9. The van der Waals surface area contributed by atoms with Crippen molar-refractivity contribution in [2.24, 2.45) is 0 Å². The SMILES string of the molecule is CCSC#CCCCCS(=O)(=O)c1ccccc1. The lowest BCUT2D eigenvalue weighted by Gasteiger charge is -2.02. The summed E-state index contributed by atoms with van der Waals surface area (Å²) in [6, 6.07) is 8.61. The number of sulfone groups is 1. The minimum absolute atomic E-state index is 0.208. The van der Waals surface area contributed by atoms with Crippen LogP contribution < -0.4 is 0 Å². The van der Waals surface area contributed by atoms with Crippen LogP contribution in [0, 0.1) is 11.2 Å². The molecule has 0 aliphatic rings. The van der Waals surface area contributed by atoms with Crippen molar-refractivity contribution in [2.45, 2.75) is 31.1 Å². The van der Waals surface area contributed by atoms with Gasteiger partial charge in [-0.2, -0.15) is 0 Å². The van der Waals surface area contributed by atoms with Crippen molar-refractivity contribution in [2.75, 3.05) is 11.5 Å². The Bertz CT molecular complexity index is 496. The first kappa shape index (κ1) is 15.1. The van der Waals surface area contributed by atoms with Crippen molar-refractivity contribution in [3.63, 3.8) is 0 Å². The topological polar surface area (TPSA) is 34.1 Å². The summed E-state index contributed by atoms with van der Waals surface area (Å²) in [7, 11) is -3.11. The van der Waals surface area contributed by atoms with Crippen LogP contribution in [0.1, 0.15) is 26.2 Å². The zero-order chi connectivity index (χ0) is 13.3. The van der Waals surface area contributed by atoms with Gasteiger partial charge in [0.25, 0.3) is 0 Å². The van der Waals surface area contributed by atoms with Crippen LogP contribution in [0.4, 0.5) is 0 Å². The Balaban J connectivity index is 2.34. The van der Waals surface area contributed by atoms with Crippen LogP contribution in [-0.4, -0.2) is 19.9 Å². The van der Waals surface area contributed by atoms with E-state index in [4.69, 9.17) is 0 Å². The molecule has 0 aromatic heterocycles. The quantitative estimate of drug-likeness (QED) is 0.593. The van der Waals surface area contributed by atoms with Crippen LogP contribution >= 0.6 is 11.8 Å². The second-order valence-corrected chi connectivity index (χ2v) is 6.98. The first-order valence-electron chi connectivity index (χ1n) is 6.04. The van der Waals surface area contributed by atoms with Crippen molar-refractivity contribution < 1.29 is 8.42 Å². The molecule has 1 aromatic rings. The molecule has 0 N–H and O–H groups in total. The average molecular weight is 282 g/mol. The Hall–Kier alpha value is -0.920. The van der Waals surface area contributed by atoms with E-state index in [0.29, 0.717) is 11.3 Å². The van der Waals surface area contributed by atoms with Gasteiger partial charge in [0.05, 0.1) is 10.6 Å². The van der Waals surface area contributed by atoms with Crippen molar-refractivity contribution in [1.29, 1.82) is 0 Å². The summed E-state index contributed by atoms with van der Waals surface area (Å²) in [5.74, 6) is 4.23. The molecule has 1 aromatic carbocycles. The molecule has 1 rings (SSSR count). The summed E-state index contributed by atoms with van der Waals surface area (Å²) in [4.78, 5) is 0.414. The average Bonchev–Trinajstić information content (AvgIpc) is 2.39. The molecular weight excluding hydrogens is 264 g/mol. The molecule has 4 heteroatoms. The van der Waals surface area contributed by atoms with Gasteiger partial charge in [-0.1, -0.05) is 42.8 Å². The summed E-state index contributed by atoms with van der Waals surface area (Å²) in [5.41, 5.74) is 0. The van der Waals surface area contributed by atoms with Crippen LogP contribution in [0.15, 0.2) is 35.2 Å². The Morgan fingerprint density at radius 3 is 2.56 bits per heavy atom. The van der Waals surface area contributed by atoms with Crippen molar-refractivity contribution in [1.82, 2.24) is 0 Å². The number of benzene rings is 1. The number of thioether (sulfide) groups is 1. The maximum absolute atomic E-state index is 11.9. The highest BCUT2D eigenvalue weighted by Gasteiger charge is 2.12. The molecule has 2 nitrogen and oxygen atoms in total. The van der Waals surface area contributed by atoms with Gasteiger partial charge in [0.15, 0.2) is 9.84 Å². The summed E-state index contributed by atoms with van der Waals surface area (Å²) >= 11 is 1.59. The van der Waals surface area contributed by atoms with Crippen LogP contribution in [0.3, 0.4) is 0 Å². The Labute approximate surface area is 114 Å². The third-order valence-corrected chi connectivity index (χ3v) is 4.75. The lowest BCUT2D eigenvalue weighted by Crippen LogP contribution is -2.06. The van der Waals surface area contributed by atoms with Crippen LogP contribution in [0.2, 0.25) is 0 Å². The van der Waals surface area contributed by atoms with Crippen LogP contribution in [0.25, 0.3) is 0 Å². The molecule has 0 amide bonds. The fraction of sp³-hybridized carbons (Fsp3) is 0.429. The maximum atomic E-state index is 11.9. The first-order chi connectivity index (χ1) is 8.67. The fourth-order valence-electron chi connectivity index (χ4n) is 1.43. The molecule has 0 aliphatic carbocycles. The monoisotopic (exact) mass is 282 g/mol. The molecule has 0 bridgehead atoms. The standard InChI is InChI=1S/C14H18O2S2/c1-2-17-12-8-3-4-9-13-18(15,16)14-10-6-5-7-11-14/h5-7,10-11H,2-4,9,13H2,1H3. The largest absolute Gasteiger partial charge is 0.224 e. The predicted octanol–water partition coefficient (Wildman–Crippen LogP) is 3.34. The van der Waals surface area contributed by atoms with Gasteiger partial charge in [-0.25, -0.2) is 8.42 Å². The lowest BCUT2D eigenvalue weighted by molar-refractivity contribution is 0.592. The molecule has 0 heterocycles. The third kappa shape index (κ3) is 5.61. The molecule has 0 radical (unpaired) electrons. The van der Waals surface area contributed by atoms with Gasteiger partial charge in [0, 0.05) is 12.2 Å². The first-order valence-corrected chi connectivity index (χ1v) is 8.68. The summed E-state index contributed by atoms with van der Waals surface area (Å²) in [5, 5.41) is 2.98. The maximum Gasteiger partial charge on any atom is 0.178 e. The molecule has 0 aliphatic heterocycles. The van der Waals surface area contributed by atoms with Gasteiger partial charge in [0.1, 0.15) is 0 Å². The second kappa shape index (κ2) is 8.23. The van der Waals surface area contributed by atoms with Gasteiger partial charge in [-0.3, -0.25) is 0 Å². The van der Waals surface area contributed by atoms with Crippen molar-refractivity contribution in [3.05, 3.63) is 30.3 Å². The van der Waals surface area contributed by atoms with E-state index in [-0.39, 0.29) is 5.75 Å². The fourth-order valence-corrected chi connectivity index (χ4v) is 3.17. The van der Waals surface area contributed by atoms with E-state index >= 15 is 0 Å². The van der Waals surface area contributed by atoms with Gasteiger partial charge >= 0.3 is 0 Å². The van der Waals surface area contributed by atoms with E-state index in [1.807, 2.05) is 6.07 Å². The zero-order valence-electron chi connectivity index (χ0n) is 10.6. The molecule has 0 fully saturated rings. The Kier molecular flexibility index (Phi) is 6.92. The molecular formula is C14H18O2S2. The third-order valence-electron chi connectivity index (χ3n) is 2.36. The van der Waals surface area contributed by atoms with E-state index in [1.165, 1.54) is 0 Å². The molecule has 0 atom stereocenters. The second-order valence-electron chi connectivity index (χ2n) is 3.80. The number of hydrogen-bond acceptors (Lipinski definition) is 3. The predicted molar refractivity (Wildman–Crippen MR) is 78.3 cm³/mol. The van der Waals surface area contributed by atoms with Crippen molar-refractivity contribution in [3.8, 4) is 11.2 Å². The zero-order valence-corrected chi connectivity index (χ0v) is 12.2. The molecule has 0 unspecified atom stereocenters. The highest BCUT2D eigenvalue weighted by molar-refractivity contribution is 8.03. The normalized spacial score (nSPS) is 10.7. The van der Waals surface area contributed by atoms with Gasteiger partial charge in [0.2, 0.25) is 0 Å². The number of hydrogen-bond donors (Lipinski definition) is 0. The van der Waals surface area contributed by atoms with E-state index in [2.05, 4.69) is 18.1 Å². The van der Waals surface area contributed by atoms with Gasteiger partial charge in [-0.05, 0) is 30.2 Å². The molecule has 98 valence electrons. The smallest absolute Gasteiger partial charge is 0.178 e. The number of rotatable bonds is 6. The van der Waals surface area contributed by atoms with E-state index in [1.54, 1.807) is 36.0 Å². The van der Waals surface area contributed by atoms with Crippen molar-refractivity contribution >= 4 is 21.6 Å². The Morgan fingerprint density at radius 1 is 1.17 bits per heavy atom. The van der Waals surface area contributed by atoms with Crippen LogP contribution in [-0.2, 0) is 9.84 Å².